The van der Waals surface area contributed by atoms with E-state index in [1.165, 1.54) is 16.7 Å². The molecule has 134 valence electrons. The van der Waals surface area contributed by atoms with Crippen molar-refractivity contribution in [1.29, 1.82) is 0 Å². The Labute approximate surface area is 161 Å². The molecule has 1 saturated heterocycles. The molecule has 0 bridgehead atoms. The fourth-order valence-electron chi connectivity index (χ4n) is 2.58. The molecule has 0 unspecified atom stereocenters. The second kappa shape index (κ2) is 7.88. The maximum absolute atomic E-state index is 12.5. The number of carbonyl (C=O) groups is 2. The van der Waals surface area contributed by atoms with Crippen molar-refractivity contribution in [3.8, 4) is 0 Å². The number of hydrogen-bond acceptors (Lipinski definition) is 5. The molecule has 1 aliphatic heterocycles. The van der Waals surface area contributed by atoms with Crippen LogP contribution in [0, 0.1) is 13.8 Å². The Morgan fingerprint density at radius 1 is 1.35 bits per heavy atom. The fraction of sp³-hybridized carbons (Fsp3) is 0.211. The third kappa shape index (κ3) is 4.23. The van der Waals surface area contributed by atoms with Gasteiger partial charge in [-0.2, -0.15) is 0 Å². The molecule has 1 aromatic heterocycles. The van der Waals surface area contributed by atoms with Crippen LogP contribution in [0.5, 0.6) is 0 Å². The van der Waals surface area contributed by atoms with Gasteiger partial charge in [0.2, 0.25) is 5.91 Å². The average molecular weight is 386 g/mol. The number of furan rings is 1. The fourth-order valence-corrected chi connectivity index (χ4v) is 3.86. The van der Waals surface area contributed by atoms with E-state index >= 15 is 0 Å². The van der Waals surface area contributed by atoms with E-state index in [0.29, 0.717) is 15.0 Å². The maximum atomic E-state index is 12.5. The zero-order valence-electron chi connectivity index (χ0n) is 14.4. The SMILES string of the molecule is Cc1ccc(NC(=O)CCN2C(=O)/C(=C\c3ccco3)SC2=S)c(C)c1. The molecule has 0 saturated carbocycles. The smallest absolute Gasteiger partial charge is 0.266 e. The van der Waals surface area contributed by atoms with Crippen molar-refractivity contribution in [2.24, 2.45) is 0 Å². The van der Waals surface area contributed by atoms with Gasteiger partial charge < -0.3 is 9.73 Å². The van der Waals surface area contributed by atoms with Crippen molar-refractivity contribution < 1.29 is 14.0 Å². The lowest BCUT2D eigenvalue weighted by molar-refractivity contribution is -0.122. The predicted molar refractivity (Wildman–Crippen MR) is 108 cm³/mol. The monoisotopic (exact) mass is 386 g/mol. The summed E-state index contributed by atoms with van der Waals surface area (Å²) in [4.78, 5) is 26.7. The van der Waals surface area contributed by atoms with E-state index in [1.54, 1.807) is 24.5 Å². The van der Waals surface area contributed by atoms with Gasteiger partial charge in [0.25, 0.3) is 5.91 Å². The van der Waals surface area contributed by atoms with Gasteiger partial charge in [0, 0.05) is 24.7 Å². The molecular formula is C19H18N2O3S2. The molecule has 2 heterocycles. The van der Waals surface area contributed by atoms with Crippen LogP contribution in [0.3, 0.4) is 0 Å². The number of benzene rings is 1. The van der Waals surface area contributed by atoms with E-state index in [4.69, 9.17) is 16.6 Å². The van der Waals surface area contributed by atoms with Gasteiger partial charge in [-0.1, -0.05) is 41.7 Å². The second-order valence-electron chi connectivity index (χ2n) is 5.97. The quantitative estimate of drug-likeness (QED) is 0.618. The van der Waals surface area contributed by atoms with Gasteiger partial charge in [-0.05, 0) is 37.6 Å². The summed E-state index contributed by atoms with van der Waals surface area (Å²) in [7, 11) is 0. The molecule has 7 heteroatoms. The van der Waals surface area contributed by atoms with Crippen molar-refractivity contribution >= 4 is 51.9 Å². The van der Waals surface area contributed by atoms with Crippen molar-refractivity contribution in [1.82, 2.24) is 4.90 Å². The number of thioether (sulfide) groups is 1. The molecule has 5 nitrogen and oxygen atoms in total. The first-order valence-electron chi connectivity index (χ1n) is 8.10. The van der Waals surface area contributed by atoms with Crippen LogP contribution in [0.4, 0.5) is 5.69 Å². The number of hydrogen-bond donors (Lipinski definition) is 1. The molecule has 1 aliphatic rings. The van der Waals surface area contributed by atoms with Gasteiger partial charge >= 0.3 is 0 Å². The second-order valence-corrected chi connectivity index (χ2v) is 7.64. The minimum Gasteiger partial charge on any atom is -0.465 e. The van der Waals surface area contributed by atoms with Crippen LogP contribution in [0.1, 0.15) is 23.3 Å². The predicted octanol–water partition coefficient (Wildman–Crippen LogP) is 4.13. The van der Waals surface area contributed by atoms with Crippen LogP contribution in [0.25, 0.3) is 6.08 Å². The maximum Gasteiger partial charge on any atom is 0.266 e. The van der Waals surface area contributed by atoms with Gasteiger partial charge in [-0.3, -0.25) is 14.5 Å². The van der Waals surface area contributed by atoms with Gasteiger partial charge in [-0.25, -0.2) is 0 Å². The molecule has 3 rings (SSSR count). The first kappa shape index (κ1) is 18.4. The molecule has 2 amide bonds. The van der Waals surface area contributed by atoms with E-state index in [1.807, 2.05) is 32.0 Å². The van der Waals surface area contributed by atoms with Crippen molar-refractivity contribution in [3.63, 3.8) is 0 Å². The highest BCUT2D eigenvalue weighted by molar-refractivity contribution is 8.26. The molecule has 1 fully saturated rings. The van der Waals surface area contributed by atoms with Gasteiger partial charge in [0.05, 0.1) is 11.2 Å². The summed E-state index contributed by atoms with van der Waals surface area (Å²) in [5, 5.41) is 2.88. The number of amides is 2. The molecule has 2 aromatic rings. The number of rotatable bonds is 5. The number of anilines is 1. The normalized spacial score (nSPS) is 15.8. The molecule has 0 aliphatic carbocycles. The summed E-state index contributed by atoms with van der Waals surface area (Å²) < 4.78 is 5.68. The summed E-state index contributed by atoms with van der Waals surface area (Å²) in [6.45, 7) is 4.20. The van der Waals surface area contributed by atoms with Gasteiger partial charge in [-0.15, -0.1) is 0 Å². The zero-order valence-corrected chi connectivity index (χ0v) is 16.1. The van der Waals surface area contributed by atoms with Gasteiger partial charge in [0.1, 0.15) is 10.1 Å². The van der Waals surface area contributed by atoms with Crippen LogP contribution in [-0.4, -0.2) is 27.6 Å². The molecule has 1 aromatic carbocycles. The third-order valence-electron chi connectivity index (χ3n) is 3.91. The first-order chi connectivity index (χ1) is 12.4. The molecule has 0 radical (unpaired) electrons. The largest absolute Gasteiger partial charge is 0.465 e. The lowest BCUT2D eigenvalue weighted by Crippen LogP contribution is -2.31. The van der Waals surface area contributed by atoms with Crippen LogP contribution in [0.2, 0.25) is 0 Å². The number of thiocarbonyl (C=S) groups is 1. The molecule has 0 spiro atoms. The van der Waals surface area contributed by atoms with Gasteiger partial charge in [0.15, 0.2) is 0 Å². The Kier molecular flexibility index (Phi) is 5.58. The summed E-state index contributed by atoms with van der Waals surface area (Å²) in [5.74, 6) is 0.245. The molecule has 1 N–H and O–H groups in total. The average Bonchev–Trinajstić information content (AvgIpc) is 3.18. The molecule has 0 atom stereocenters. The summed E-state index contributed by atoms with van der Waals surface area (Å²) >= 11 is 6.49. The van der Waals surface area contributed by atoms with Crippen molar-refractivity contribution in [2.45, 2.75) is 20.3 Å². The summed E-state index contributed by atoms with van der Waals surface area (Å²) in [6.07, 6.45) is 3.38. The molecular weight excluding hydrogens is 368 g/mol. The Bertz CT molecular complexity index is 888. The Balaban J connectivity index is 1.59. The number of nitrogens with zero attached hydrogens (tertiary/aromatic N) is 1. The van der Waals surface area contributed by atoms with Crippen molar-refractivity contribution in [3.05, 3.63) is 58.4 Å². The highest BCUT2D eigenvalue weighted by Crippen LogP contribution is 2.32. The number of aryl methyl sites for hydroxylation is 2. The highest BCUT2D eigenvalue weighted by atomic mass is 32.2. The van der Waals surface area contributed by atoms with E-state index in [9.17, 15) is 9.59 Å². The van der Waals surface area contributed by atoms with E-state index in [-0.39, 0.29) is 24.8 Å². The van der Waals surface area contributed by atoms with Crippen LogP contribution in [-0.2, 0) is 9.59 Å². The van der Waals surface area contributed by atoms with E-state index in [2.05, 4.69) is 5.32 Å². The first-order valence-corrected chi connectivity index (χ1v) is 9.32. The summed E-state index contributed by atoms with van der Waals surface area (Å²) in [6, 6.07) is 9.36. The third-order valence-corrected chi connectivity index (χ3v) is 5.29. The number of nitrogens with one attached hydrogen (secondary N) is 1. The topological polar surface area (TPSA) is 62.6 Å². The minimum absolute atomic E-state index is 0.152. The Hall–Kier alpha value is -2.38. The lowest BCUT2D eigenvalue weighted by atomic mass is 10.1. The van der Waals surface area contributed by atoms with Crippen LogP contribution >= 0.6 is 24.0 Å². The standard InChI is InChI=1S/C19H18N2O3S2/c1-12-5-6-15(13(2)10-12)20-17(22)7-8-21-18(23)16(26-19(21)25)11-14-4-3-9-24-14/h3-6,9-11H,7-8H2,1-2H3,(H,20,22)/b16-11+. The molecule has 26 heavy (non-hydrogen) atoms. The van der Waals surface area contributed by atoms with Crippen molar-refractivity contribution in [2.75, 3.05) is 11.9 Å². The highest BCUT2D eigenvalue weighted by Gasteiger charge is 2.32. The van der Waals surface area contributed by atoms with E-state index < -0.39 is 0 Å². The minimum atomic E-state index is -0.198. The van der Waals surface area contributed by atoms with E-state index in [0.717, 1.165) is 16.8 Å². The van der Waals surface area contributed by atoms with Crippen LogP contribution in [0.15, 0.2) is 45.9 Å². The Morgan fingerprint density at radius 2 is 2.15 bits per heavy atom. The van der Waals surface area contributed by atoms with Crippen LogP contribution < -0.4 is 5.32 Å². The Morgan fingerprint density at radius 3 is 2.85 bits per heavy atom. The summed E-state index contributed by atoms with van der Waals surface area (Å²) in [5.41, 5.74) is 2.93. The lowest BCUT2D eigenvalue weighted by Gasteiger charge is -2.14. The zero-order chi connectivity index (χ0) is 18.7. The number of carbonyl (C=O) groups excluding carboxylic acids is 2.